The number of nitrogens with zero attached hydrogens (tertiary/aromatic N) is 1. The number of phenols is 1. The number of phenolic OH excluding ortho intramolecular Hbond substituents is 1. The molecule has 0 aliphatic rings. The summed E-state index contributed by atoms with van der Waals surface area (Å²) in [6.07, 6.45) is 3.94. The Labute approximate surface area is 189 Å². The molecule has 0 unspecified atom stereocenters. The second-order valence-electron chi connectivity index (χ2n) is 7.10. The Kier molecular flexibility index (Phi) is 6.04. The number of aliphatic carboxylic acids is 1. The average Bonchev–Trinajstić information content (AvgIpc) is 2.83. The van der Waals surface area contributed by atoms with Crippen molar-refractivity contribution in [3.8, 4) is 23.0 Å². The molecule has 33 heavy (non-hydrogen) atoms. The van der Waals surface area contributed by atoms with Crippen LogP contribution >= 0.6 is 0 Å². The van der Waals surface area contributed by atoms with Crippen molar-refractivity contribution in [3.05, 3.63) is 95.7 Å². The van der Waals surface area contributed by atoms with Gasteiger partial charge in [-0.3, -0.25) is 9.78 Å². The van der Waals surface area contributed by atoms with E-state index in [4.69, 9.17) is 14.6 Å². The predicted octanol–water partition coefficient (Wildman–Crippen LogP) is 5.07. The van der Waals surface area contributed by atoms with Gasteiger partial charge in [-0.1, -0.05) is 12.1 Å². The lowest BCUT2D eigenvalue weighted by Crippen LogP contribution is -2.05. The van der Waals surface area contributed by atoms with Gasteiger partial charge in [-0.05, 0) is 60.2 Å². The fourth-order valence-corrected chi connectivity index (χ4v) is 3.26. The fraction of sp³-hybridized carbons (Fsp3) is 0.0385. The number of aromatic hydroxyl groups is 1. The molecule has 2 N–H and O–H groups in total. The Morgan fingerprint density at radius 2 is 1.64 bits per heavy atom. The highest BCUT2D eigenvalue weighted by atomic mass is 16.5. The summed E-state index contributed by atoms with van der Waals surface area (Å²) in [5.41, 5.74) is 1.85. The van der Waals surface area contributed by atoms with Gasteiger partial charge in [0.1, 0.15) is 23.0 Å². The van der Waals surface area contributed by atoms with E-state index >= 15 is 0 Å². The second-order valence-corrected chi connectivity index (χ2v) is 7.10. The van der Waals surface area contributed by atoms with Crippen molar-refractivity contribution in [2.75, 3.05) is 7.11 Å². The van der Waals surface area contributed by atoms with Crippen LogP contribution in [-0.2, 0) is 4.79 Å². The lowest BCUT2D eigenvalue weighted by Gasteiger charge is -2.14. The average molecular weight is 441 g/mol. The Bertz CT molecular complexity index is 1360. The van der Waals surface area contributed by atoms with Gasteiger partial charge in [-0.25, -0.2) is 4.79 Å². The summed E-state index contributed by atoms with van der Waals surface area (Å²) in [7, 11) is 1.55. The zero-order chi connectivity index (χ0) is 23.4. The van der Waals surface area contributed by atoms with E-state index in [0.29, 0.717) is 39.3 Å². The second kappa shape index (κ2) is 9.23. The van der Waals surface area contributed by atoms with Gasteiger partial charge < -0.3 is 19.7 Å². The molecular formula is C26H19NO6. The van der Waals surface area contributed by atoms with Gasteiger partial charge in [-0.2, -0.15) is 0 Å². The molecule has 0 spiro atoms. The molecule has 3 aromatic carbocycles. The molecule has 4 aromatic rings. The van der Waals surface area contributed by atoms with Crippen molar-refractivity contribution in [1.82, 2.24) is 4.98 Å². The number of benzene rings is 3. The molecule has 7 nitrogen and oxygen atoms in total. The van der Waals surface area contributed by atoms with E-state index in [1.807, 2.05) is 0 Å². The summed E-state index contributed by atoms with van der Waals surface area (Å²) in [6, 6.07) is 18.1. The highest BCUT2D eigenvalue weighted by Gasteiger charge is 2.20. The number of ether oxygens (including phenoxy) is 2. The minimum Gasteiger partial charge on any atom is -0.508 e. The molecule has 0 amide bonds. The number of ketones is 1. The van der Waals surface area contributed by atoms with Crippen LogP contribution in [0.15, 0.2) is 79.0 Å². The smallest absolute Gasteiger partial charge is 0.328 e. The summed E-state index contributed by atoms with van der Waals surface area (Å²) in [5.74, 6) is 0.109. The summed E-state index contributed by atoms with van der Waals surface area (Å²) in [4.78, 5) is 28.3. The summed E-state index contributed by atoms with van der Waals surface area (Å²) in [5, 5.41) is 19.2. The Balaban J connectivity index is 1.76. The maximum absolute atomic E-state index is 13.3. The van der Waals surface area contributed by atoms with E-state index < -0.39 is 5.97 Å². The highest BCUT2D eigenvalue weighted by molar-refractivity contribution is 6.13. The number of carboxylic acid groups (broad SMARTS) is 1. The zero-order valence-corrected chi connectivity index (χ0v) is 17.6. The molecule has 0 radical (unpaired) electrons. The lowest BCUT2D eigenvalue weighted by atomic mass is 10.0. The molecule has 4 rings (SSSR count). The van der Waals surface area contributed by atoms with Gasteiger partial charge in [0.25, 0.3) is 0 Å². The standard InChI is InChI=1S/C26H19NO6/c1-32-19-10-5-17(6-11-19)25(31)22-15-27-23-14-18(28)7-12-21(23)26(22)33-20-8-2-16(3-9-20)4-13-24(29)30/h2-15,28H,1H3,(H,29,30)/b13-4+. The molecule has 1 aromatic heterocycles. The fourth-order valence-electron chi connectivity index (χ4n) is 3.26. The number of carbonyl (C=O) groups excluding carboxylic acids is 1. The van der Waals surface area contributed by atoms with Crippen molar-refractivity contribution < 1.29 is 29.3 Å². The first-order valence-electron chi connectivity index (χ1n) is 9.94. The van der Waals surface area contributed by atoms with Gasteiger partial charge in [0.2, 0.25) is 0 Å². The molecule has 0 fully saturated rings. The number of pyridine rings is 1. The van der Waals surface area contributed by atoms with Crippen molar-refractivity contribution in [2.24, 2.45) is 0 Å². The minimum atomic E-state index is -1.04. The van der Waals surface area contributed by atoms with E-state index in [9.17, 15) is 14.7 Å². The Hall–Kier alpha value is -4.65. The van der Waals surface area contributed by atoms with Crippen LogP contribution in [-0.4, -0.2) is 34.1 Å². The molecule has 164 valence electrons. The SMILES string of the molecule is COc1ccc(C(=O)c2cnc3cc(O)ccc3c2Oc2ccc(/C=C/C(=O)O)cc2)cc1. The van der Waals surface area contributed by atoms with Crippen molar-refractivity contribution in [3.63, 3.8) is 0 Å². The van der Waals surface area contributed by atoms with Crippen molar-refractivity contribution >= 4 is 28.7 Å². The third-order valence-corrected chi connectivity index (χ3v) is 4.92. The minimum absolute atomic E-state index is 0.0461. The van der Waals surface area contributed by atoms with Crippen LogP contribution in [0.2, 0.25) is 0 Å². The van der Waals surface area contributed by atoms with E-state index in [-0.39, 0.29) is 17.1 Å². The first-order valence-corrected chi connectivity index (χ1v) is 9.94. The number of aromatic nitrogens is 1. The van der Waals surface area contributed by atoms with Crippen LogP contribution in [0.3, 0.4) is 0 Å². The zero-order valence-electron chi connectivity index (χ0n) is 17.6. The molecule has 0 bridgehead atoms. The van der Waals surface area contributed by atoms with E-state index in [0.717, 1.165) is 6.08 Å². The Morgan fingerprint density at radius 1 is 0.939 bits per heavy atom. The molecule has 0 aliphatic carbocycles. The summed E-state index contributed by atoms with van der Waals surface area (Å²) in [6.45, 7) is 0. The quantitative estimate of drug-likeness (QED) is 0.305. The molecule has 0 aliphatic heterocycles. The van der Waals surface area contributed by atoms with Crippen LogP contribution in [0, 0.1) is 0 Å². The van der Waals surface area contributed by atoms with Gasteiger partial charge in [0.05, 0.1) is 18.2 Å². The van der Waals surface area contributed by atoms with Crippen molar-refractivity contribution in [1.29, 1.82) is 0 Å². The van der Waals surface area contributed by atoms with Crippen molar-refractivity contribution in [2.45, 2.75) is 0 Å². The number of hydrogen-bond donors (Lipinski definition) is 2. The van der Waals surface area contributed by atoms with E-state index in [2.05, 4.69) is 4.98 Å². The van der Waals surface area contributed by atoms with Gasteiger partial charge >= 0.3 is 5.97 Å². The van der Waals surface area contributed by atoms with Gasteiger partial charge in [0.15, 0.2) is 5.78 Å². The number of carboxylic acids is 1. The molecule has 0 atom stereocenters. The van der Waals surface area contributed by atoms with Crippen LogP contribution in [0.4, 0.5) is 0 Å². The number of hydrogen-bond acceptors (Lipinski definition) is 6. The number of rotatable bonds is 7. The number of fused-ring (bicyclic) bond motifs is 1. The first-order chi connectivity index (χ1) is 15.9. The number of methoxy groups -OCH3 is 1. The van der Waals surface area contributed by atoms with Crippen LogP contribution < -0.4 is 9.47 Å². The Morgan fingerprint density at radius 3 is 2.30 bits per heavy atom. The topological polar surface area (TPSA) is 106 Å². The molecule has 0 saturated heterocycles. The molecule has 0 saturated carbocycles. The van der Waals surface area contributed by atoms with E-state index in [1.165, 1.54) is 24.4 Å². The first kappa shape index (κ1) is 21.6. The van der Waals surface area contributed by atoms with Gasteiger partial charge in [-0.15, -0.1) is 0 Å². The highest BCUT2D eigenvalue weighted by Crippen LogP contribution is 2.35. The molecule has 7 heteroatoms. The largest absolute Gasteiger partial charge is 0.508 e. The predicted molar refractivity (Wildman–Crippen MR) is 123 cm³/mol. The third-order valence-electron chi connectivity index (χ3n) is 4.92. The molecule has 1 heterocycles. The normalized spacial score (nSPS) is 10.9. The number of carbonyl (C=O) groups is 2. The maximum Gasteiger partial charge on any atom is 0.328 e. The summed E-state index contributed by atoms with van der Waals surface area (Å²) < 4.78 is 11.3. The third kappa shape index (κ3) is 4.83. The monoisotopic (exact) mass is 441 g/mol. The van der Waals surface area contributed by atoms with Crippen LogP contribution in [0.5, 0.6) is 23.0 Å². The van der Waals surface area contributed by atoms with E-state index in [1.54, 1.807) is 61.7 Å². The van der Waals surface area contributed by atoms with Crippen LogP contribution in [0.25, 0.3) is 17.0 Å². The summed E-state index contributed by atoms with van der Waals surface area (Å²) >= 11 is 0. The lowest BCUT2D eigenvalue weighted by molar-refractivity contribution is -0.131. The van der Waals surface area contributed by atoms with Crippen LogP contribution in [0.1, 0.15) is 21.5 Å². The maximum atomic E-state index is 13.3. The molecular weight excluding hydrogens is 422 g/mol. The van der Waals surface area contributed by atoms with Gasteiger partial charge in [0, 0.05) is 29.3 Å².